The van der Waals surface area contributed by atoms with Crippen molar-refractivity contribution in [2.75, 3.05) is 20.2 Å². The Morgan fingerprint density at radius 3 is 3.06 bits per heavy atom. The molecule has 0 N–H and O–H groups in total. The lowest BCUT2D eigenvalue weighted by Gasteiger charge is -2.25. The normalized spacial score (nSPS) is 25.2. The maximum Gasteiger partial charge on any atom is 0.186 e. The number of rotatable bonds is 4. The number of thiophene rings is 1. The van der Waals surface area contributed by atoms with Gasteiger partial charge in [-0.25, -0.2) is 0 Å². The minimum Gasteiger partial charge on any atom is -0.377 e. The first-order chi connectivity index (χ1) is 7.68. The second-order valence-corrected chi connectivity index (χ2v) is 5.20. The zero-order valence-electron chi connectivity index (χ0n) is 9.68. The molecule has 1 aliphatic rings. The Hall–Kier alpha value is -0.710. The third-order valence-electron chi connectivity index (χ3n) is 3.09. The summed E-state index contributed by atoms with van der Waals surface area (Å²) in [5.74, 6) is 0.205. The molecule has 2 atom stereocenters. The maximum absolute atomic E-state index is 11.9. The summed E-state index contributed by atoms with van der Waals surface area (Å²) in [6.07, 6.45) is 1.26. The van der Waals surface area contributed by atoms with Gasteiger partial charge in [-0.2, -0.15) is 0 Å². The van der Waals surface area contributed by atoms with Crippen LogP contribution in [0, 0.1) is 0 Å². The van der Waals surface area contributed by atoms with Crippen molar-refractivity contribution in [2.45, 2.75) is 25.5 Å². The van der Waals surface area contributed by atoms with Crippen LogP contribution in [0.25, 0.3) is 0 Å². The molecule has 1 saturated heterocycles. The van der Waals surface area contributed by atoms with E-state index in [2.05, 4.69) is 11.8 Å². The molecule has 0 aliphatic carbocycles. The van der Waals surface area contributed by atoms with Crippen molar-refractivity contribution in [3.8, 4) is 0 Å². The number of Topliss-reactive ketones (excluding diaryl/α,β-unsaturated/α-hetero) is 1. The molecule has 0 spiro atoms. The van der Waals surface area contributed by atoms with Gasteiger partial charge >= 0.3 is 0 Å². The smallest absolute Gasteiger partial charge is 0.186 e. The zero-order chi connectivity index (χ0) is 11.5. The van der Waals surface area contributed by atoms with Gasteiger partial charge in [0.15, 0.2) is 5.78 Å². The van der Waals surface area contributed by atoms with Crippen molar-refractivity contribution in [1.29, 1.82) is 0 Å². The summed E-state index contributed by atoms with van der Waals surface area (Å²) < 4.78 is 5.51. The molecule has 0 amide bonds. The highest BCUT2D eigenvalue weighted by molar-refractivity contribution is 7.12. The summed E-state index contributed by atoms with van der Waals surface area (Å²) in [4.78, 5) is 14.9. The second-order valence-electron chi connectivity index (χ2n) is 4.25. The van der Waals surface area contributed by atoms with Crippen LogP contribution in [0.4, 0.5) is 0 Å². The molecule has 2 heterocycles. The van der Waals surface area contributed by atoms with Crippen LogP contribution in [0.15, 0.2) is 17.5 Å². The molecule has 0 aromatic carbocycles. The summed E-state index contributed by atoms with van der Waals surface area (Å²) in [6, 6.07) is 4.18. The molecular formula is C12H17NO2S. The number of likely N-dealkylation sites (N-methyl/N-ethyl adjacent to an activating group) is 1. The molecule has 0 saturated carbocycles. The standard InChI is InChI=1S/C12H17NO2S/c1-9-10(5-6-15-9)13(2)8-11(14)12-4-3-7-16-12/h3-4,7,9-10H,5-6,8H2,1-2H3. The van der Waals surface area contributed by atoms with E-state index in [1.165, 1.54) is 11.3 Å². The first-order valence-electron chi connectivity index (χ1n) is 5.57. The first kappa shape index (κ1) is 11.8. The lowest BCUT2D eigenvalue weighted by molar-refractivity contribution is 0.0748. The zero-order valence-corrected chi connectivity index (χ0v) is 10.5. The SMILES string of the molecule is CC1OCCC1N(C)CC(=O)c1cccs1. The van der Waals surface area contributed by atoms with Crippen molar-refractivity contribution < 1.29 is 9.53 Å². The maximum atomic E-state index is 11.9. The van der Waals surface area contributed by atoms with E-state index < -0.39 is 0 Å². The molecule has 3 nitrogen and oxygen atoms in total. The van der Waals surface area contributed by atoms with Crippen LogP contribution < -0.4 is 0 Å². The van der Waals surface area contributed by atoms with Crippen LogP contribution in [0.1, 0.15) is 23.0 Å². The van der Waals surface area contributed by atoms with E-state index in [1.54, 1.807) is 0 Å². The quantitative estimate of drug-likeness (QED) is 0.753. The summed E-state index contributed by atoms with van der Waals surface area (Å²) in [7, 11) is 2.00. The molecule has 16 heavy (non-hydrogen) atoms. The van der Waals surface area contributed by atoms with Gasteiger partial charge in [0.05, 0.1) is 17.5 Å². The number of carbonyl (C=O) groups is 1. The monoisotopic (exact) mass is 239 g/mol. The Morgan fingerprint density at radius 1 is 1.69 bits per heavy atom. The first-order valence-corrected chi connectivity index (χ1v) is 6.45. The van der Waals surface area contributed by atoms with Crippen LogP contribution in [0.3, 0.4) is 0 Å². The number of ether oxygens (including phenoxy) is 1. The number of ketones is 1. The highest BCUT2D eigenvalue weighted by atomic mass is 32.1. The van der Waals surface area contributed by atoms with E-state index in [1.807, 2.05) is 24.6 Å². The lowest BCUT2D eigenvalue weighted by Crippen LogP contribution is -2.39. The number of carbonyl (C=O) groups excluding carboxylic acids is 1. The van der Waals surface area contributed by atoms with Crippen molar-refractivity contribution >= 4 is 17.1 Å². The molecule has 0 bridgehead atoms. The molecule has 1 aromatic heterocycles. The fourth-order valence-electron chi connectivity index (χ4n) is 2.16. The fraction of sp³-hybridized carbons (Fsp3) is 0.583. The molecule has 2 unspecified atom stereocenters. The minimum absolute atomic E-state index is 0.205. The molecule has 88 valence electrons. The van der Waals surface area contributed by atoms with Crippen molar-refractivity contribution in [3.05, 3.63) is 22.4 Å². The predicted molar refractivity (Wildman–Crippen MR) is 65.1 cm³/mol. The molecule has 4 heteroatoms. The van der Waals surface area contributed by atoms with Gasteiger partial charge in [0.1, 0.15) is 0 Å². The third kappa shape index (κ3) is 2.51. The van der Waals surface area contributed by atoms with Crippen molar-refractivity contribution in [1.82, 2.24) is 4.90 Å². The average molecular weight is 239 g/mol. The van der Waals surface area contributed by atoms with E-state index in [9.17, 15) is 4.79 Å². The second kappa shape index (κ2) is 5.08. The van der Waals surface area contributed by atoms with Crippen LogP contribution in [-0.2, 0) is 4.74 Å². The average Bonchev–Trinajstić information content (AvgIpc) is 2.86. The van der Waals surface area contributed by atoms with Crippen LogP contribution in [0.2, 0.25) is 0 Å². The Bertz CT molecular complexity index is 350. The molecule has 2 rings (SSSR count). The molecule has 1 aliphatic heterocycles. The van der Waals surface area contributed by atoms with Gasteiger partial charge in [-0.3, -0.25) is 9.69 Å². The number of hydrogen-bond acceptors (Lipinski definition) is 4. The van der Waals surface area contributed by atoms with Crippen molar-refractivity contribution in [3.63, 3.8) is 0 Å². The summed E-state index contributed by atoms with van der Waals surface area (Å²) in [6.45, 7) is 3.37. The van der Waals surface area contributed by atoms with Gasteiger partial charge in [0.25, 0.3) is 0 Å². The van der Waals surface area contributed by atoms with E-state index in [4.69, 9.17) is 4.74 Å². The van der Waals surface area contributed by atoms with Gasteiger partial charge in [-0.05, 0) is 31.8 Å². The predicted octanol–water partition coefficient (Wildman–Crippen LogP) is 2.04. The van der Waals surface area contributed by atoms with Crippen LogP contribution >= 0.6 is 11.3 Å². The highest BCUT2D eigenvalue weighted by Gasteiger charge is 2.28. The lowest BCUT2D eigenvalue weighted by atomic mass is 10.1. The van der Waals surface area contributed by atoms with Gasteiger partial charge in [0.2, 0.25) is 0 Å². The summed E-state index contributed by atoms with van der Waals surface area (Å²) >= 11 is 1.51. The van der Waals surface area contributed by atoms with E-state index in [0.29, 0.717) is 12.6 Å². The number of hydrogen-bond donors (Lipinski definition) is 0. The van der Waals surface area contributed by atoms with Gasteiger partial charge in [-0.15, -0.1) is 11.3 Å². The Kier molecular flexibility index (Phi) is 3.74. The fourth-order valence-corrected chi connectivity index (χ4v) is 2.82. The molecule has 1 fully saturated rings. The van der Waals surface area contributed by atoms with Gasteiger partial charge in [0, 0.05) is 12.6 Å². The Labute approximate surface area is 100 Å². The topological polar surface area (TPSA) is 29.5 Å². The highest BCUT2D eigenvalue weighted by Crippen LogP contribution is 2.19. The van der Waals surface area contributed by atoms with E-state index >= 15 is 0 Å². The number of nitrogens with zero attached hydrogens (tertiary/aromatic N) is 1. The summed E-state index contributed by atoms with van der Waals surface area (Å²) in [5.41, 5.74) is 0. The summed E-state index contributed by atoms with van der Waals surface area (Å²) in [5, 5.41) is 1.94. The Morgan fingerprint density at radius 2 is 2.50 bits per heavy atom. The van der Waals surface area contributed by atoms with Crippen LogP contribution in [-0.4, -0.2) is 43.0 Å². The van der Waals surface area contributed by atoms with Gasteiger partial charge in [-0.1, -0.05) is 6.07 Å². The van der Waals surface area contributed by atoms with Gasteiger partial charge < -0.3 is 4.74 Å². The molecule has 1 aromatic rings. The van der Waals surface area contributed by atoms with E-state index in [-0.39, 0.29) is 11.9 Å². The largest absolute Gasteiger partial charge is 0.377 e. The van der Waals surface area contributed by atoms with Crippen LogP contribution in [0.5, 0.6) is 0 Å². The molecule has 0 radical (unpaired) electrons. The van der Waals surface area contributed by atoms with Crippen molar-refractivity contribution in [2.24, 2.45) is 0 Å². The third-order valence-corrected chi connectivity index (χ3v) is 4.00. The van der Waals surface area contributed by atoms with E-state index in [0.717, 1.165) is 17.9 Å². The minimum atomic E-state index is 0.205. The molecular weight excluding hydrogens is 222 g/mol. The Balaban J connectivity index is 1.92.